The highest BCUT2D eigenvalue weighted by Gasteiger charge is 2.36. The Morgan fingerprint density at radius 1 is 0.925 bits per heavy atom. The summed E-state index contributed by atoms with van der Waals surface area (Å²) in [6.07, 6.45) is 9.40. The van der Waals surface area contributed by atoms with Crippen molar-refractivity contribution < 1.29 is 66.0 Å². The van der Waals surface area contributed by atoms with Crippen molar-refractivity contribution in [3.8, 4) is 23.2 Å². The molecule has 0 saturated carbocycles. The Bertz CT molecular complexity index is 2060. The van der Waals surface area contributed by atoms with Crippen LogP contribution in [-0.4, -0.2) is 121 Å². The molecule has 4 rings (SSSR count). The fourth-order valence-electron chi connectivity index (χ4n) is 8.76. The van der Waals surface area contributed by atoms with Crippen LogP contribution in [0.3, 0.4) is 0 Å². The van der Waals surface area contributed by atoms with Crippen molar-refractivity contribution in [3.05, 3.63) is 48.7 Å². The molecule has 4 heterocycles. The number of methoxy groups -OCH3 is 4. The summed E-state index contributed by atoms with van der Waals surface area (Å²) in [5.74, 6) is -2.16. The third-order valence-corrected chi connectivity index (χ3v) is 12.9. The number of aliphatic hydroxyl groups is 1. The highest BCUT2D eigenvalue weighted by atomic mass is 16.6. The number of fused-ring (bicyclic) bond motifs is 8. The van der Waals surface area contributed by atoms with Crippen molar-refractivity contribution >= 4 is 30.2 Å². The van der Waals surface area contributed by atoms with Crippen LogP contribution < -0.4 is 0 Å². The number of hydrogen-bond acceptors (Lipinski definition) is 17. The average molecular weight is 941 g/mol. The maximum Gasteiger partial charge on any atom is 0.309 e. The van der Waals surface area contributed by atoms with Crippen LogP contribution in [0.1, 0.15) is 111 Å². The molecule has 0 aliphatic carbocycles. The van der Waals surface area contributed by atoms with Crippen molar-refractivity contribution in [2.24, 2.45) is 35.5 Å². The number of esters is 2. The number of aromatic nitrogens is 3. The van der Waals surface area contributed by atoms with Crippen LogP contribution in [0.4, 0.5) is 0 Å². The summed E-state index contributed by atoms with van der Waals surface area (Å²) in [4.78, 5) is 66.1. The van der Waals surface area contributed by atoms with Crippen LogP contribution in [0.25, 0.3) is 29.2 Å². The SMILES string of the molecule is COC(CC1OC(=O)CC(OC(C)=O)CC(C)CC(O)C(C)C(OC)c2coc(n2)-c2coc(n2)-c2coc(n2)/C=C/CC(OC)C1C)C(C)CCC(=O)C(C)C(OC)C(C)/C=C/N(C)C=O. The van der Waals surface area contributed by atoms with E-state index in [0.29, 0.717) is 42.8 Å². The second kappa shape index (κ2) is 26.5. The van der Waals surface area contributed by atoms with Gasteiger partial charge in [-0.25, -0.2) is 15.0 Å². The molecule has 13 unspecified atom stereocenters. The molecule has 18 nitrogen and oxygen atoms in total. The Morgan fingerprint density at radius 3 is 2.27 bits per heavy atom. The second-order valence-corrected chi connectivity index (χ2v) is 18.0. The van der Waals surface area contributed by atoms with Crippen molar-refractivity contribution in [2.45, 2.75) is 136 Å². The minimum absolute atomic E-state index is 0.0296. The van der Waals surface area contributed by atoms with Gasteiger partial charge in [-0.15, -0.1) is 0 Å². The van der Waals surface area contributed by atoms with Gasteiger partial charge in [0.05, 0.1) is 30.8 Å². The number of cyclic esters (lactones) is 1. The molecule has 1 amide bonds. The van der Waals surface area contributed by atoms with Gasteiger partial charge in [0.1, 0.15) is 48.6 Å². The van der Waals surface area contributed by atoms with Gasteiger partial charge in [0, 0.05) is 85.1 Å². The van der Waals surface area contributed by atoms with E-state index < -0.39 is 66.5 Å². The number of aliphatic hydroxyl groups excluding tert-OH is 1. The van der Waals surface area contributed by atoms with Crippen LogP contribution in [0.15, 0.2) is 50.4 Å². The van der Waals surface area contributed by atoms with Gasteiger partial charge in [-0.3, -0.25) is 19.2 Å². The number of rotatable bonds is 17. The number of nitrogens with zero attached hydrogens (tertiary/aromatic N) is 4. The summed E-state index contributed by atoms with van der Waals surface area (Å²) in [5, 5.41) is 11.5. The predicted molar refractivity (Wildman–Crippen MR) is 245 cm³/mol. The third-order valence-electron chi connectivity index (χ3n) is 12.9. The summed E-state index contributed by atoms with van der Waals surface area (Å²) in [5.41, 5.74) is 1.12. The first kappa shape index (κ1) is 54.6. The molecule has 0 fully saturated rings. The van der Waals surface area contributed by atoms with Crippen molar-refractivity contribution in [1.82, 2.24) is 19.9 Å². The first-order chi connectivity index (χ1) is 31.9. The van der Waals surface area contributed by atoms with Gasteiger partial charge in [0.15, 0.2) is 11.4 Å². The second-order valence-electron chi connectivity index (χ2n) is 18.0. The molecule has 3 aromatic heterocycles. The van der Waals surface area contributed by atoms with Crippen molar-refractivity contribution in [1.29, 1.82) is 0 Å². The van der Waals surface area contributed by atoms with Crippen LogP contribution in [0.2, 0.25) is 0 Å². The number of hydrogen-bond donors (Lipinski definition) is 1. The normalized spacial score (nSPS) is 26.3. The van der Waals surface area contributed by atoms with Crippen molar-refractivity contribution in [3.63, 3.8) is 0 Å². The lowest BCUT2D eigenvalue weighted by Crippen LogP contribution is -2.39. The Kier molecular flexibility index (Phi) is 21.6. The largest absolute Gasteiger partial charge is 0.462 e. The lowest BCUT2D eigenvalue weighted by molar-refractivity contribution is -0.163. The molecule has 13 atom stereocenters. The lowest BCUT2D eigenvalue weighted by atomic mass is 9.84. The van der Waals surface area contributed by atoms with E-state index in [-0.39, 0.29) is 72.8 Å². The summed E-state index contributed by atoms with van der Waals surface area (Å²) in [6, 6.07) is 0. The Morgan fingerprint density at radius 2 is 1.61 bits per heavy atom. The molecule has 0 radical (unpaired) electrons. The molecule has 0 aromatic carbocycles. The van der Waals surface area contributed by atoms with Gasteiger partial charge in [-0.05, 0) is 43.6 Å². The maximum atomic E-state index is 14.0. The van der Waals surface area contributed by atoms with E-state index in [1.165, 1.54) is 37.7 Å². The highest BCUT2D eigenvalue weighted by molar-refractivity contribution is 5.81. The zero-order valence-electron chi connectivity index (χ0n) is 41.1. The van der Waals surface area contributed by atoms with E-state index in [1.807, 2.05) is 53.7 Å². The number of oxazole rings is 3. The van der Waals surface area contributed by atoms with E-state index in [1.54, 1.807) is 40.7 Å². The van der Waals surface area contributed by atoms with Crippen LogP contribution >= 0.6 is 0 Å². The smallest absolute Gasteiger partial charge is 0.309 e. The Hall–Kier alpha value is -5.01. The zero-order chi connectivity index (χ0) is 49.4. The molecule has 67 heavy (non-hydrogen) atoms. The fourth-order valence-corrected chi connectivity index (χ4v) is 8.76. The molecule has 6 bridgehead atoms. The number of amides is 1. The predicted octanol–water partition coefficient (Wildman–Crippen LogP) is 7.67. The molecule has 372 valence electrons. The first-order valence-electron chi connectivity index (χ1n) is 23.0. The number of ether oxygens (including phenoxy) is 6. The summed E-state index contributed by atoms with van der Waals surface area (Å²) >= 11 is 0. The molecular weight excluding hydrogens is 869 g/mol. The molecule has 1 aliphatic rings. The molecule has 0 spiro atoms. The molecule has 1 aliphatic heterocycles. The van der Waals surface area contributed by atoms with E-state index in [4.69, 9.17) is 41.7 Å². The average Bonchev–Trinajstić information content (AvgIpc) is 4.09. The topological polar surface area (TPSA) is 225 Å². The van der Waals surface area contributed by atoms with Crippen LogP contribution in [-0.2, 0) is 47.6 Å². The number of ketones is 1. The van der Waals surface area contributed by atoms with Crippen LogP contribution in [0.5, 0.6) is 0 Å². The first-order valence-corrected chi connectivity index (χ1v) is 23.0. The Balaban J connectivity index is 1.60. The molecule has 3 aromatic rings. The van der Waals surface area contributed by atoms with E-state index in [0.717, 1.165) is 0 Å². The van der Waals surface area contributed by atoms with Gasteiger partial charge in [-0.1, -0.05) is 53.7 Å². The third kappa shape index (κ3) is 15.8. The van der Waals surface area contributed by atoms with Gasteiger partial charge < -0.3 is 51.7 Å². The Labute approximate surface area is 394 Å². The molecular formula is C49H72N4O14. The van der Waals surface area contributed by atoms with Gasteiger partial charge in [-0.2, -0.15) is 0 Å². The fraction of sp³-hybridized carbons (Fsp3) is 0.653. The number of carbonyl (C=O) groups is 4. The highest BCUT2D eigenvalue weighted by Crippen LogP contribution is 2.34. The number of carbonyl (C=O) groups excluding carboxylic acids is 4. The molecule has 1 N–H and O–H groups in total. The number of Topliss-reactive ketones (excluding diaryl/α,β-unsaturated/α-hetero) is 1. The van der Waals surface area contributed by atoms with E-state index in [2.05, 4.69) is 15.0 Å². The monoisotopic (exact) mass is 941 g/mol. The minimum Gasteiger partial charge on any atom is -0.462 e. The molecule has 18 heteroatoms. The molecule has 0 saturated heterocycles. The summed E-state index contributed by atoms with van der Waals surface area (Å²) in [7, 11) is 7.91. The maximum absolute atomic E-state index is 14.0. The van der Waals surface area contributed by atoms with Crippen LogP contribution in [0, 0.1) is 35.5 Å². The van der Waals surface area contributed by atoms with Gasteiger partial charge in [0.2, 0.25) is 24.1 Å². The quantitative estimate of drug-likeness (QED) is 0.101. The zero-order valence-corrected chi connectivity index (χ0v) is 41.1. The lowest BCUT2D eigenvalue weighted by Gasteiger charge is -2.34. The van der Waals surface area contributed by atoms with Crippen molar-refractivity contribution in [2.75, 3.05) is 35.5 Å². The van der Waals surface area contributed by atoms with E-state index >= 15 is 0 Å². The standard InChI is InChI=1S/C49H72N4O14/c1-28-20-35(66-34(7)55)22-45(58)67-43(23-42(60-10)29(2)16-17-39(56)31(4)46(61-11)30(3)18-19-53(8)27-54)33(6)41(59-9)14-13-15-44-50-37(25-63-44)48-52-38(26-65-48)49-51-36(24-64-49)47(62-12)32(5)40(57)21-28/h13,15,18-19,24-33,35,40-43,46-47,57H,14,16-17,20-23H2,1-12H3/b15-13+,19-18+. The van der Waals surface area contributed by atoms with E-state index in [9.17, 15) is 24.3 Å². The summed E-state index contributed by atoms with van der Waals surface area (Å²) in [6.45, 7) is 12.8. The van der Waals surface area contributed by atoms with Gasteiger partial charge >= 0.3 is 11.9 Å². The van der Waals surface area contributed by atoms with Gasteiger partial charge in [0.25, 0.3) is 0 Å². The minimum atomic E-state index is -0.876. The summed E-state index contributed by atoms with van der Waals surface area (Å²) < 4.78 is 52.8.